The van der Waals surface area contributed by atoms with E-state index in [-0.39, 0.29) is 36.1 Å². The van der Waals surface area contributed by atoms with Crippen molar-refractivity contribution in [1.82, 2.24) is 15.1 Å². The first-order chi connectivity index (χ1) is 13.3. The summed E-state index contributed by atoms with van der Waals surface area (Å²) >= 11 is 0. The van der Waals surface area contributed by atoms with Gasteiger partial charge in [0, 0.05) is 23.9 Å². The van der Waals surface area contributed by atoms with Gasteiger partial charge in [0.2, 0.25) is 11.7 Å². The van der Waals surface area contributed by atoms with Crippen LogP contribution in [0.3, 0.4) is 0 Å². The molecule has 0 fully saturated rings. The molecule has 144 valence electrons. The van der Waals surface area contributed by atoms with E-state index in [9.17, 15) is 22.4 Å². The van der Waals surface area contributed by atoms with Gasteiger partial charge in [-0.3, -0.25) is 9.78 Å². The summed E-state index contributed by atoms with van der Waals surface area (Å²) in [6.45, 7) is 0.151. The number of pyridine rings is 1. The molecule has 0 N–H and O–H groups in total. The monoisotopic (exact) mass is 392 g/mol. The first-order valence-electron chi connectivity index (χ1n) is 8.26. The van der Waals surface area contributed by atoms with E-state index in [1.165, 1.54) is 29.3 Å². The number of anilines is 1. The van der Waals surface area contributed by atoms with Gasteiger partial charge in [-0.05, 0) is 42.3 Å². The number of nitrogens with zero attached hydrogens (tertiary/aromatic N) is 4. The summed E-state index contributed by atoms with van der Waals surface area (Å²) in [4.78, 5) is 21.3. The van der Waals surface area contributed by atoms with E-state index in [1.54, 1.807) is 12.1 Å². The normalized spacial score (nSPS) is 14.3. The summed E-state index contributed by atoms with van der Waals surface area (Å²) in [7, 11) is 0. The predicted molar refractivity (Wildman–Crippen MR) is 88.4 cm³/mol. The number of halogens is 4. The minimum absolute atomic E-state index is 0.113. The molecule has 6 nitrogen and oxygen atoms in total. The van der Waals surface area contributed by atoms with Gasteiger partial charge in [-0.2, -0.15) is 18.2 Å². The van der Waals surface area contributed by atoms with Crippen LogP contribution in [0.1, 0.15) is 23.6 Å². The van der Waals surface area contributed by atoms with Gasteiger partial charge >= 0.3 is 12.1 Å². The molecule has 0 bridgehead atoms. The van der Waals surface area contributed by atoms with E-state index in [2.05, 4.69) is 19.6 Å². The van der Waals surface area contributed by atoms with E-state index >= 15 is 0 Å². The molecule has 0 unspecified atom stereocenters. The summed E-state index contributed by atoms with van der Waals surface area (Å²) in [6.07, 6.45) is -2.69. The number of hydrogen-bond donors (Lipinski definition) is 0. The molecule has 28 heavy (non-hydrogen) atoms. The lowest BCUT2D eigenvalue weighted by molar-refractivity contribution is -0.159. The van der Waals surface area contributed by atoms with Crippen molar-refractivity contribution in [2.45, 2.75) is 25.6 Å². The van der Waals surface area contributed by atoms with Gasteiger partial charge in [0.1, 0.15) is 5.82 Å². The van der Waals surface area contributed by atoms with Crippen LogP contribution in [0.5, 0.6) is 0 Å². The van der Waals surface area contributed by atoms with Crippen molar-refractivity contribution in [1.29, 1.82) is 0 Å². The number of alkyl halides is 3. The fourth-order valence-corrected chi connectivity index (χ4v) is 2.97. The Morgan fingerprint density at radius 1 is 1.14 bits per heavy atom. The van der Waals surface area contributed by atoms with Crippen LogP contribution in [0, 0.1) is 5.82 Å². The number of benzene rings is 1. The lowest BCUT2D eigenvalue weighted by Gasteiger charge is -2.29. The lowest BCUT2D eigenvalue weighted by Crippen LogP contribution is -2.34. The number of aromatic nitrogens is 3. The molecule has 1 aliphatic heterocycles. The second-order valence-electron chi connectivity index (χ2n) is 6.21. The smallest absolute Gasteiger partial charge is 0.329 e. The van der Waals surface area contributed by atoms with E-state index in [0.29, 0.717) is 17.8 Å². The standard InChI is InChI=1S/C18H12F4N4O2/c19-12-3-5-14-10(7-12)2-6-15(27)26(14)9-13-4-1-11(8-23-13)16-24-17(28-25-16)18(20,21)22/h1,3-5,7-8H,2,6,9H2. The van der Waals surface area contributed by atoms with Crippen molar-refractivity contribution >= 4 is 11.6 Å². The quantitative estimate of drug-likeness (QED) is 0.635. The number of carbonyl (C=O) groups excluding carboxylic acids is 1. The molecule has 0 saturated carbocycles. The van der Waals surface area contributed by atoms with Gasteiger partial charge < -0.3 is 9.42 Å². The molecule has 4 rings (SSSR count). The first-order valence-corrected chi connectivity index (χ1v) is 8.26. The molecule has 0 atom stereocenters. The molecule has 0 radical (unpaired) electrons. The van der Waals surface area contributed by atoms with Crippen LogP contribution in [0.2, 0.25) is 0 Å². The Balaban J connectivity index is 1.55. The van der Waals surface area contributed by atoms with Crippen LogP contribution >= 0.6 is 0 Å². The summed E-state index contributed by atoms with van der Waals surface area (Å²) in [5, 5.41) is 3.30. The zero-order valence-corrected chi connectivity index (χ0v) is 14.2. The molecule has 3 heterocycles. The summed E-state index contributed by atoms with van der Waals surface area (Å²) in [5.74, 6) is -2.15. The largest absolute Gasteiger partial charge is 0.471 e. The Morgan fingerprint density at radius 2 is 1.96 bits per heavy atom. The summed E-state index contributed by atoms with van der Waals surface area (Å²) in [5.41, 5.74) is 2.11. The zero-order valence-electron chi connectivity index (χ0n) is 14.2. The van der Waals surface area contributed by atoms with E-state index in [0.717, 1.165) is 5.56 Å². The highest BCUT2D eigenvalue weighted by molar-refractivity contribution is 5.96. The van der Waals surface area contributed by atoms with Crippen LogP contribution in [0.15, 0.2) is 41.1 Å². The minimum Gasteiger partial charge on any atom is -0.329 e. The van der Waals surface area contributed by atoms with Crippen molar-refractivity contribution in [2.75, 3.05) is 4.90 Å². The Kier molecular flexibility index (Phi) is 4.33. The van der Waals surface area contributed by atoms with Gasteiger partial charge in [-0.15, -0.1) is 0 Å². The number of fused-ring (bicyclic) bond motifs is 1. The highest BCUT2D eigenvalue weighted by atomic mass is 19.4. The second kappa shape index (κ2) is 6.70. The molecule has 1 amide bonds. The zero-order chi connectivity index (χ0) is 19.9. The third kappa shape index (κ3) is 3.45. The Labute approximate surface area is 155 Å². The number of aryl methyl sites for hydroxylation is 1. The highest BCUT2D eigenvalue weighted by Gasteiger charge is 2.38. The average Bonchev–Trinajstić information content (AvgIpc) is 3.15. The van der Waals surface area contributed by atoms with E-state index in [1.807, 2.05) is 0 Å². The lowest BCUT2D eigenvalue weighted by atomic mass is 10.0. The van der Waals surface area contributed by atoms with Crippen LogP contribution < -0.4 is 4.90 Å². The van der Waals surface area contributed by atoms with Crippen LogP contribution in [-0.4, -0.2) is 21.0 Å². The molecule has 1 aliphatic rings. The maximum absolute atomic E-state index is 13.4. The molecule has 0 aliphatic carbocycles. The molecule has 0 saturated heterocycles. The molecular weight excluding hydrogens is 380 g/mol. The van der Waals surface area contributed by atoms with E-state index < -0.39 is 12.1 Å². The van der Waals surface area contributed by atoms with Crippen LogP contribution in [-0.2, 0) is 23.9 Å². The van der Waals surface area contributed by atoms with Crippen LogP contribution in [0.4, 0.5) is 23.2 Å². The SMILES string of the molecule is O=C1CCc2cc(F)ccc2N1Cc1ccc(-c2noc(C(F)(F)F)n2)cn1. The first kappa shape index (κ1) is 18.1. The predicted octanol–water partition coefficient (Wildman–Crippen LogP) is 3.77. The van der Waals surface area contributed by atoms with E-state index in [4.69, 9.17) is 0 Å². The molecular formula is C18H12F4N4O2. The number of amides is 1. The topological polar surface area (TPSA) is 72.1 Å². The minimum atomic E-state index is -4.72. The number of rotatable bonds is 3. The third-order valence-corrected chi connectivity index (χ3v) is 4.31. The fraction of sp³-hybridized carbons (Fsp3) is 0.222. The van der Waals surface area contributed by atoms with Crippen molar-refractivity contribution in [3.63, 3.8) is 0 Å². The molecule has 10 heteroatoms. The van der Waals surface area contributed by atoms with Gasteiger partial charge in [-0.25, -0.2) is 4.39 Å². The van der Waals surface area contributed by atoms with Crippen molar-refractivity contribution in [3.05, 3.63) is 59.5 Å². The second-order valence-corrected chi connectivity index (χ2v) is 6.21. The third-order valence-electron chi connectivity index (χ3n) is 4.31. The molecule has 1 aromatic carbocycles. The summed E-state index contributed by atoms with van der Waals surface area (Å²) in [6, 6.07) is 7.29. The van der Waals surface area contributed by atoms with Gasteiger partial charge in [0.25, 0.3) is 0 Å². The Morgan fingerprint density at radius 3 is 2.64 bits per heavy atom. The van der Waals surface area contributed by atoms with Crippen molar-refractivity contribution in [3.8, 4) is 11.4 Å². The van der Waals surface area contributed by atoms with Gasteiger partial charge in [0.05, 0.1) is 12.2 Å². The highest BCUT2D eigenvalue weighted by Crippen LogP contribution is 2.31. The van der Waals surface area contributed by atoms with Crippen molar-refractivity contribution in [2.24, 2.45) is 0 Å². The van der Waals surface area contributed by atoms with Crippen LogP contribution in [0.25, 0.3) is 11.4 Å². The van der Waals surface area contributed by atoms with Gasteiger partial charge in [0.15, 0.2) is 0 Å². The number of hydrogen-bond acceptors (Lipinski definition) is 5. The molecule has 3 aromatic rings. The molecule has 2 aromatic heterocycles. The Bertz CT molecular complexity index is 1030. The maximum atomic E-state index is 13.4. The maximum Gasteiger partial charge on any atom is 0.471 e. The number of carbonyl (C=O) groups is 1. The fourth-order valence-electron chi connectivity index (χ4n) is 2.97. The average molecular weight is 392 g/mol. The summed E-state index contributed by atoms with van der Waals surface area (Å²) < 4.78 is 55.3. The van der Waals surface area contributed by atoms with Gasteiger partial charge in [-0.1, -0.05) is 5.16 Å². The van der Waals surface area contributed by atoms with Crippen molar-refractivity contribution < 1.29 is 26.9 Å². The Hall–Kier alpha value is -3.30. The molecule has 0 spiro atoms.